The number of hydrogen-bond donors (Lipinski definition) is 1. The molecule has 2 aromatic rings. The Morgan fingerprint density at radius 2 is 1.94 bits per heavy atom. The summed E-state index contributed by atoms with van der Waals surface area (Å²) in [4.78, 5) is 0. The molecule has 1 atom stereocenters. The minimum absolute atomic E-state index is 0.350. The van der Waals surface area contributed by atoms with Crippen LogP contribution in [-0.4, -0.2) is 16.8 Å². The summed E-state index contributed by atoms with van der Waals surface area (Å²) in [5.41, 5.74) is 5.98. The van der Waals surface area contributed by atoms with Gasteiger partial charge in [0.25, 0.3) is 0 Å². The van der Waals surface area contributed by atoms with Gasteiger partial charge in [-0.3, -0.25) is 0 Å². The summed E-state index contributed by atoms with van der Waals surface area (Å²) >= 11 is 0. The predicted molar refractivity (Wildman–Crippen MR) is 75.2 cm³/mol. The van der Waals surface area contributed by atoms with Crippen molar-refractivity contribution < 1.29 is 0 Å². The summed E-state index contributed by atoms with van der Waals surface area (Å²) in [7, 11) is 1.98. The Morgan fingerprint density at radius 3 is 2.50 bits per heavy atom. The Labute approximate surface area is 109 Å². The number of benzene rings is 1. The fourth-order valence-electron chi connectivity index (χ4n) is 2.06. The molecule has 0 aliphatic carbocycles. The van der Waals surface area contributed by atoms with Gasteiger partial charge in [-0.15, -0.1) is 0 Å². The van der Waals surface area contributed by atoms with Crippen molar-refractivity contribution in [3.8, 4) is 5.69 Å². The average Bonchev–Trinajstić information content (AvgIpc) is 2.66. The Bertz CT molecular complexity index is 555. The molecule has 3 heteroatoms. The van der Waals surface area contributed by atoms with Gasteiger partial charge >= 0.3 is 0 Å². The van der Waals surface area contributed by atoms with Crippen LogP contribution < -0.4 is 5.32 Å². The van der Waals surface area contributed by atoms with Crippen molar-refractivity contribution >= 4 is 0 Å². The molecule has 3 nitrogen and oxygen atoms in total. The molecular formula is C15H21N3. The van der Waals surface area contributed by atoms with Gasteiger partial charge in [0, 0.05) is 11.7 Å². The molecular weight excluding hydrogens is 222 g/mol. The Hall–Kier alpha value is -1.61. The van der Waals surface area contributed by atoms with Gasteiger partial charge in [-0.25, -0.2) is 4.68 Å². The van der Waals surface area contributed by atoms with E-state index in [0.29, 0.717) is 6.04 Å². The molecule has 18 heavy (non-hydrogen) atoms. The van der Waals surface area contributed by atoms with E-state index in [4.69, 9.17) is 0 Å². The second kappa shape index (κ2) is 4.94. The highest BCUT2D eigenvalue weighted by atomic mass is 15.3. The summed E-state index contributed by atoms with van der Waals surface area (Å²) in [6.45, 7) is 8.45. The molecule has 1 heterocycles. The lowest BCUT2D eigenvalue weighted by molar-refractivity contribution is 0.651. The lowest BCUT2D eigenvalue weighted by atomic mass is 10.1. The van der Waals surface area contributed by atoms with E-state index in [2.05, 4.69) is 62.4 Å². The van der Waals surface area contributed by atoms with Gasteiger partial charge in [0.1, 0.15) is 0 Å². The Balaban J connectivity index is 2.48. The third-order valence-electron chi connectivity index (χ3n) is 3.70. The van der Waals surface area contributed by atoms with Gasteiger partial charge in [0.2, 0.25) is 0 Å². The number of nitrogens with one attached hydrogen (secondary N) is 1. The van der Waals surface area contributed by atoms with E-state index in [-0.39, 0.29) is 0 Å². The van der Waals surface area contributed by atoms with Crippen molar-refractivity contribution in [1.82, 2.24) is 15.1 Å². The first kappa shape index (κ1) is 12.8. The van der Waals surface area contributed by atoms with Crippen molar-refractivity contribution in [2.24, 2.45) is 0 Å². The summed E-state index contributed by atoms with van der Waals surface area (Å²) < 4.78 is 2.02. The third-order valence-corrected chi connectivity index (χ3v) is 3.70. The maximum atomic E-state index is 4.60. The summed E-state index contributed by atoms with van der Waals surface area (Å²) in [5.74, 6) is 0. The molecule has 0 saturated carbocycles. The van der Waals surface area contributed by atoms with Crippen LogP contribution in [0.15, 0.2) is 24.3 Å². The van der Waals surface area contributed by atoms with Crippen molar-refractivity contribution in [3.63, 3.8) is 0 Å². The summed E-state index contributed by atoms with van der Waals surface area (Å²) in [5, 5.41) is 7.86. The number of rotatable bonds is 3. The van der Waals surface area contributed by atoms with Crippen LogP contribution in [0.5, 0.6) is 0 Å². The van der Waals surface area contributed by atoms with Gasteiger partial charge in [0.05, 0.1) is 11.4 Å². The molecule has 1 aromatic heterocycles. The molecule has 96 valence electrons. The molecule has 1 unspecified atom stereocenters. The van der Waals surface area contributed by atoms with E-state index in [1.54, 1.807) is 0 Å². The lowest BCUT2D eigenvalue weighted by Crippen LogP contribution is -2.12. The molecule has 0 amide bonds. The van der Waals surface area contributed by atoms with E-state index in [9.17, 15) is 0 Å². The highest BCUT2D eigenvalue weighted by molar-refractivity contribution is 5.40. The maximum Gasteiger partial charge on any atom is 0.0652 e. The fraction of sp³-hybridized carbons (Fsp3) is 0.400. The topological polar surface area (TPSA) is 29.9 Å². The van der Waals surface area contributed by atoms with Gasteiger partial charge in [0.15, 0.2) is 0 Å². The largest absolute Gasteiger partial charge is 0.313 e. The van der Waals surface area contributed by atoms with Crippen LogP contribution in [0.4, 0.5) is 0 Å². The van der Waals surface area contributed by atoms with E-state index in [0.717, 1.165) is 11.4 Å². The van der Waals surface area contributed by atoms with Crippen LogP contribution in [0.1, 0.15) is 35.5 Å². The predicted octanol–water partition coefficient (Wildman–Crippen LogP) is 3.08. The Kier molecular flexibility index (Phi) is 3.53. The zero-order chi connectivity index (χ0) is 13.3. The average molecular weight is 243 g/mol. The van der Waals surface area contributed by atoms with Gasteiger partial charge in [-0.1, -0.05) is 12.1 Å². The van der Waals surface area contributed by atoms with Crippen molar-refractivity contribution in [3.05, 3.63) is 46.8 Å². The number of aromatic nitrogens is 2. The second-order valence-electron chi connectivity index (χ2n) is 4.81. The number of aryl methyl sites for hydroxylation is 1. The smallest absolute Gasteiger partial charge is 0.0652 e. The van der Waals surface area contributed by atoms with Gasteiger partial charge in [-0.2, -0.15) is 5.10 Å². The molecule has 0 radical (unpaired) electrons. The molecule has 1 N–H and O–H groups in total. The fourth-order valence-corrected chi connectivity index (χ4v) is 2.06. The first-order valence-electron chi connectivity index (χ1n) is 6.35. The van der Waals surface area contributed by atoms with Crippen LogP contribution in [0.25, 0.3) is 5.69 Å². The second-order valence-corrected chi connectivity index (χ2v) is 4.81. The zero-order valence-corrected chi connectivity index (χ0v) is 11.8. The highest BCUT2D eigenvalue weighted by Gasteiger charge is 2.10. The van der Waals surface area contributed by atoms with Gasteiger partial charge in [-0.05, 0) is 58.0 Å². The van der Waals surface area contributed by atoms with Crippen LogP contribution in [0, 0.1) is 20.8 Å². The molecule has 0 aliphatic heterocycles. The maximum absolute atomic E-state index is 4.60. The minimum atomic E-state index is 0.350. The molecule has 0 aliphatic rings. The van der Waals surface area contributed by atoms with Crippen LogP contribution >= 0.6 is 0 Å². The van der Waals surface area contributed by atoms with Crippen molar-refractivity contribution in [2.45, 2.75) is 33.7 Å². The van der Waals surface area contributed by atoms with E-state index in [1.165, 1.54) is 16.8 Å². The van der Waals surface area contributed by atoms with Crippen LogP contribution in [-0.2, 0) is 0 Å². The standard InChI is InChI=1S/C15H21N3/c1-10-11(2)17-18(13(10)4)15-8-6-7-14(9-15)12(3)16-5/h6-9,12,16H,1-5H3. The normalized spacial score (nSPS) is 12.7. The Morgan fingerprint density at radius 1 is 1.22 bits per heavy atom. The summed E-state index contributed by atoms with van der Waals surface area (Å²) in [6.07, 6.45) is 0. The van der Waals surface area contributed by atoms with Crippen molar-refractivity contribution in [1.29, 1.82) is 0 Å². The number of nitrogens with zero attached hydrogens (tertiary/aromatic N) is 2. The van der Waals surface area contributed by atoms with Gasteiger partial charge < -0.3 is 5.32 Å². The lowest BCUT2D eigenvalue weighted by Gasteiger charge is -2.12. The van der Waals surface area contributed by atoms with E-state index >= 15 is 0 Å². The summed E-state index contributed by atoms with van der Waals surface area (Å²) in [6, 6.07) is 8.88. The molecule has 0 bridgehead atoms. The van der Waals surface area contributed by atoms with Crippen molar-refractivity contribution in [2.75, 3.05) is 7.05 Å². The minimum Gasteiger partial charge on any atom is -0.313 e. The third kappa shape index (κ3) is 2.18. The van der Waals surface area contributed by atoms with E-state index < -0.39 is 0 Å². The molecule has 0 saturated heterocycles. The van der Waals surface area contributed by atoms with Crippen LogP contribution in [0.3, 0.4) is 0 Å². The zero-order valence-electron chi connectivity index (χ0n) is 11.8. The quantitative estimate of drug-likeness (QED) is 0.897. The molecule has 0 spiro atoms. The molecule has 2 rings (SSSR count). The first-order valence-corrected chi connectivity index (χ1v) is 6.35. The number of hydrogen-bond acceptors (Lipinski definition) is 2. The molecule has 1 aromatic carbocycles. The van der Waals surface area contributed by atoms with E-state index in [1.807, 2.05) is 11.7 Å². The SMILES string of the molecule is CNC(C)c1cccc(-n2nc(C)c(C)c2C)c1. The molecule has 0 fully saturated rings. The monoisotopic (exact) mass is 243 g/mol. The first-order chi connectivity index (χ1) is 8.54. The highest BCUT2D eigenvalue weighted by Crippen LogP contribution is 2.20. The van der Waals surface area contributed by atoms with Crippen LogP contribution in [0.2, 0.25) is 0 Å².